The van der Waals surface area contributed by atoms with Crippen molar-refractivity contribution in [3.05, 3.63) is 45.7 Å². The van der Waals surface area contributed by atoms with Crippen LogP contribution in [0.2, 0.25) is 0 Å². The number of aliphatic hydroxyl groups excluding tert-OH is 2. The quantitative estimate of drug-likeness (QED) is 0.367. The Labute approximate surface area is 221 Å². The number of carbonyl (C=O) groups excluding carboxylic acids is 3. The second kappa shape index (κ2) is 9.54. The van der Waals surface area contributed by atoms with Crippen LogP contribution in [0.4, 0.5) is 0 Å². The van der Waals surface area contributed by atoms with E-state index < -0.39 is 58.0 Å². The number of fused-ring (bicyclic) bond motifs is 3. The van der Waals surface area contributed by atoms with Crippen molar-refractivity contribution in [1.82, 2.24) is 4.90 Å². The molecule has 9 nitrogen and oxygen atoms in total. The number of rotatable bonds is 5. The summed E-state index contributed by atoms with van der Waals surface area (Å²) < 4.78 is 0. The fourth-order valence-corrected chi connectivity index (χ4v) is 7.38. The number of aromatic hydroxyl groups is 1. The number of hydrogen-bond donors (Lipinski definition) is 5. The average molecular weight is 525 g/mol. The number of ketones is 2. The minimum Gasteiger partial charge on any atom is -0.508 e. The molecule has 4 atom stereocenters. The van der Waals surface area contributed by atoms with Gasteiger partial charge in [0, 0.05) is 11.5 Å². The second-order valence-electron chi connectivity index (χ2n) is 11.6. The first kappa shape index (κ1) is 26.4. The SMILES string of the molecule is CN(C)[C@H]1C(=O)C(C(N)=O)=C(O)[C@]2(O)C(=O)C3=C(O)c4c(O)ccc(CCC5CCCCC5)c4C[C@@H]3C[C@H]12. The topological polar surface area (TPSA) is 161 Å². The van der Waals surface area contributed by atoms with Gasteiger partial charge in [-0.2, -0.15) is 0 Å². The lowest BCUT2D eigenvalue weighted by atomic mass is 9.57. The van der Waals surface area contributed by atoms with Crippen molar-refractivity contribution in [1.29, 1.82) is 0 Å². The van der Waals surface area contributed by atoms with Crippen molar-refractivity contribution >= 4 is 23.2 Å². The van der Waals surface area contributed by atoms with Gasteiger partial charge in [0.1, 0.15) is 22.8 Å². The summed E-state index contributed by atoms with van der Waals surface area (Å²) in [6, 6.07) is 2.31. The maximum Gasteiger partial charge on any atom is 0.255 e. The van der Waals surface area contributed by atoms with Crippen LogP contribution >= 0.6 is 0 Å². The molecule has 2 fully saturated rings. The van der Waals surface area contributed by atoms with Crippen LogP contribution in [0.1, 0.15) is 61.6 Å². The Morgan fingerprint density at radius 3 is 2.42 bits per heavy atom. The van der Waals surface area contributed by atoms with E-state index in [1.807, 2.05) is 6.07 Å². The first-order valence-electron chi connectivity index (χ1n) is 13.5. The molecule has 0 radical (unpaired) electrons. The molecular weight excluding hydrogens is 488 g/mol. The molecule has 1 aromatic carbocycles. The Morgan fingerprint density at radius 2 is 1.79 bits per heavy atom. The van der Waals surface area contributed by atoms with E-state index in [-0.39, 0.29) is 23.3 Å². The highest BCUT2D eigenvalue weighted by Gasteiger charge is 2.64. The number of phenolic OH excluding ortho intramolecular Hbond substituents is 1. The molecule has 0 unspecified atom stereocenters. The van der Waals surface area contributed by atoms with Gasteiger partial charge in [-0.3, -0.25) is 19.3 Å². The number of carbonyl (C=O) groups is 3. The lowest BCUT2D eigenvalue weighted by molar-refractivity contribution is -0.153. The van der Waals surface area contributed by atoms with E-state index in [0.29, 0.717) is 12.3 Å². The zero-order chi connectivity index (χ0) is 27.5. The number of primary amides is 1. The van der Waals surface area contributed by atoms with Crippen LogP contribution in [0.5, 0.6) is 5.75 Å². The van der Waals surface area contributed by atoms with E-state index >= 15 is 0 Å². The van der Waals surface area contributed by atoms with Gasteiger partial charge in [-0.1, -0.05) is 38.2 Å². The fraction of sp³-hybridized carbons (Fsp3) is 0.552. The van der Waals surface area contributed by atoms with E-state index in [1.54, 1.807) is 14.1 Å². The molecule has 9 heteroatoms. The van der Waals surface area contributed by atoms with Crippen LogP contribution in [0.25, 0.3) is 5.76 Å². The average Bonchev–Trinajstić information content (AvgIpc) is 2.86. The third kappa shape index (κ3) is 3.86. The lowest BCUT2D eigenvalue weighted by Gasteiger charge is -2.50. The van der Waals surface area contributed by atoms with Crippen LogP contribution < -0.4 is 5.73 Å². The summed E-state index contributed by atoms with van der Waals surface area (Å²) in [5.41, 5.74) is 3.78. The minimum atomic E-state index is -2.61. The number of aliphatic hydroxyl groups is 3. The number of amides is 1. The van der Waals surface area contributed by atoms with E-state index in [2.05, 4.69) is 0 Å². The number of hydrogen-bond acceptors (Lipinski definition) is 8. The predicted molar refractivity (Wildman–Crippen MR) is 139 cm³/mol. The number of aryl methyl sites for hydroxylation is 1. The smallest absolute Gasteiger partial charge is 0.255 e. The summed E-state index contributed by atoms with van der Waals surface area (Å²) in [5, 5.41) is 44.7. The maximum atomic E-state index is 13.9. The van der Waals surface area contributed by atoms with Gasteiger partial charge in [-0.25, -0.2) is 0 Å². The number of nitrogens with zero attached hydrogens (tertiary/aromatic N) is 1. The Kier molecular flexibility index (Phi) is 6.64. The molecule has 6 N–H and O–H groups in total. The molecular formula is C29H36N2O7. The van der Waals surface area contributed by atoms with Crippen LogP contribution in [0.15, 0.2) is 29.0 Å². The van der Waals surface area contributed by atoms with Gasteiger partial charge in [0.2, 0.25) is 5.78 Å². The van der Waals surface area contributed by atoms with Crippen molar-refractivity contribution in [2.24, 2.45) is 23.5 Å². The van der Waals surface area contributed by atoms with Gasteiger partial charge in [0.05, 0.1) is 11.6 Å². The molecule has 0 aromatic heterocycles. The highest BCUT2D eigenvalue weighted by molar-refractivity contribution is 6.24. The number of phenols is 1. The van der Waals surface area contributed by atoms with E-state index in [9.17, 15) is 34.8 Å². The molecule has 0 aliphatic heterocycles. The highest BCUT2D eigenvalue weighted by Crippen LogP contribution is 2.53. The van der Waals surface area contributed by atoms with Gasteiger partial charge in [0.15, 0.2) is 11.4 Å². The zero-order valence-electron chi connectivity index (χ0n) is 21.9. The van der Waals surface area contributed by atoms with Crippen molar-refractivity contribution in [2.45, 2.75) is 69.4 Å². The number of Topliss-reactive ketones (excluding diaryl/α,β-unsaturated/α-hetero) is 2. The van der Waals surface area contributed by atoms with E-state index in [4.69, 9.17) is 5.73 Å². The third-order valence-corrected chi connectivity index (χ3v) is 9.25. The molecule has 2 saturated carbocycles. The van der Waals surface area contributed by atoms with E-state index in [1.165, 1.54) is 43.1 Å². The summed E-state index contributed by atoms with van der Waals surface area (Å²) in [6.45, 7) is 0. The Balaban J connectivity index is 1.60. The standard InChI is InChI=1S/C29H36N2O7/c1-31(2)23-18-13-16-12-17-15(9-8-14-6-4-3-5-7-14)10-11-19(32)21(17)24(33)20(16)26(35)29(18,38)27(36)22(25(23)34)28(30)37/h10-11,14,16,18,23,32-33,36,38H,3-9,12-13H2,1-2H3,(H2,30,37)/t16-,18-,23-,29-/m1/s1. The summed E-state index contributed by atoms with van der Waals surface area (Å²) in [7, 11) is 3.18. The molecule has 0 saturated heterocycles. The first-order valence-corrected chi connectivity index (χ1v) is 13.5. The lowest BCUT2D eigenvalue weighted by Crippen LogP contribution is -2.65. The van der Waals surface area contributed by atoms with Crippen molar-refractivity contribution in [3.63, 3.8) is 0 Å². The number of benzene rings is 1. The Bertz CT molecular complexity index is 1270. The maximum absolute atomic E-state index is 13.9. The molecule has 0 spiro atoms. The third-order valence-electron chi connectivity index (χ3n) is 9.25. The minimum absolute atomic E-state index is 0.101. The van der Waals surface area contributed by atoms with Crippen molar-refractivity contribution in [3.8, 4) is 5.75 Å². The second-order valence-corrected chi connectivity index (χ2v) is 11.6. The molecule has 1 aromatic rings. The molecule has 1 amide bonds. The van der Waals surface area contributed by atoms with Crippen molar-refractivity contribution in [2.75, 3.05) is 14.1 Å². The predicted octanol–water partition coefficient (Wildman–Crippen LogP) is 2.48. The van der Waals surface area contributed by atoms with Crippen LogP contribution in [0.3, 0.4) is 0 Å². The Hall–Kier alpha value is -3.17. The van der Waals surface area contributed by atoms with Crippen LogP contribution in [-0.4, -0.2) is 68.5 Å². The molecule has 5 rings (SSSR count). The van der Waals surface area contributed by atoms with Crippen LogP contribution in [0, 0.1) is 17.8 Å². The molecule has 38 heavy (non-hydrogen) atoms. The summed E-state index contributed by atoms with van der Waals surface area (Å²) in [4.78, 5) is 40.7. The molecule has 204 valence electrons. The molecule has 4 aliphatic carbocycles. The largest absolute Gasteiger partial charge is 0.508 e. The molecule has 0 heterocycles. The summed E-state index contributed by atoms with van der Waals surface area (Å²) in [6.07, 6.45) is 8.40. The Morgan fingerprint density at radius 1 is 1.11 bits per heavy atom. The van der Waals surface area contributed by atoms with Crippen LogP contribution in [-0.2, 0) is 27.2 Å². The highest BCUT2D eigenvalue weighted by atomic mass is 16.3. The molecule has 0 bridgehead atoms. The number of likely N-dealkylation sites (N-methyl/N-ethyl adjacent to an activating group) is 1. The zero-order valence-corrected chi connectivity index (χ0v) is 21.9. The summed E-state index contributed by atoms with van der Waals surface area (Å²) >= 11 is 0. The van der Waals surface area contributed by atoms with Crippen molar-refractivity contribution < 1.29 is 34.8 Å². The fourth-order valence-electron chi connectivity index (χ4n) is 7.38. The summed E-state index contributed by atoms with van der Waals surface area (Å²) in [5.74, 6) is -5.62. The van der Waals surface area contributed by atoms with Gasteiger partial charge < -0.3 is 26.2 Å². The van der Waals surface area contributed by atoms with Gasteiger partial charge in [0.25, 0.3) is 5.91 Å². The van der Waals surface area contributed by atoms with Gasteiger partial charge in [-0.05, 0) is 68.8 Å². The van der Waals surface area contributed by atoms with Gasteiger partial charge in [-0.15, -0.1) is 0 Å². The van der Waals surface area contributed by atoms with Gasteiger partial charge >= 0.3 is 0 Å². The normalized spacial score (nSPS) is 29.8. The first-order chi connectivity index (χ1) is 18.0. The van der Waals surface area contributed by atoms with E-state index in [0.717, 1.165) is 24.0 Å². The molecule has 4 aliphatic rings. The monoisotopic (exact) mass is 524 g/mol. The number of nitrogens with two attached hydrogens (primary N) is 1.